The van der Waals surface area contributed by atoms with E-state index in [4.69, 9.17) is 4.74 Å². The summed E-state index contributed by atoms with van der Waals surface area (Å²) in [7, 11) is 0. The molecule has 1 heterocycles. The maximum atomic E-state index is 11.9. The molecule has 0 amide bonds. The van der Waals surface area contributed by atoms with Gasteiger partial charge in [-0.2, -0.15) is 9.98 Å². The van der Waals surface area contributed by atoms with Gasteiger partial charge in [0.25, 0.3) is 0 Å². The fourth-order valence-corrected chi connectivity index (χ4v) is 1.84. The molecule has 0 aromatic carbocycles. The number of unbranched alkanes of at least 4 members (excludes halogenated alkanes) is 1. The van der Waals surface area contributed by atoms with Gasteiger partial charge in [-0.3, -0.25) is 14.9 Å². The standard InChI is InChI=1S/C11H17N3O4/c1-3-5-6-9(10(15)18-4-2)11(14(16)17)12-7-8-13-11/h7-9H,3-6H2,1-2H3. The van der Waals surface area contributed by atoms with Gasteiger partial charge in [0.15, 0.2) is 5.92 Å². The number of ether oxygens (including phenoxy) is 1. The van der Waals surface area contributed by atoms with Gasteiger partial charge in [-0.25, -0.2) is 0 Å². The van der Waals surface area contributed by atoms with E-state index in [1.165, 1.54) is 12.4 Å². The van der Waals surface area contributed by atoms with Gasteiger partial charge in [0, 0.05) is 12.4 Å². The summed E-state index contributed by atoms with van der Waals surface area (Å²) >= 11 is 0. The van der Waals surface area contributed by atoms with E-state index >= 15 is 0 Å². The Kier molecular flexibility index (Phi) is 4.94. The summed E-state index contributed by atoms with van der Waals surface area (Å²) in [6, 6.07) is 0. The molecule has 1 aliphatic heterocycles. The van der Waals surface area contributed by atoms with Crippen LogP contribution in [0.3, 0.4) is 0 Å². The number of rotatable bonds is 7. The molecule has 1 atom stereocenters. The van der Waals surface area contributed by atoms with Gasteiger partial charge in [-0.15, -0.1) is 0 Å². The van der Waals surface area contributed by atoms with Crippen molar-refractivity contribution in [1.29, 1.82) is 0 Å². The first-order valence-corrected chi connectivity index (χ1v) is 5.98. The molecule has 0 fully saturated rings. The van der Waals surface area contributed by atoms with Crippen LogP contribution in [0.1, 0.15) is 33.1 Å². The van der Waals surface area contributed by atoms with Crippen LogP contribution in [0.25, 0.3) is 0 Å². The van der Waals surface area contributed by atoms with Crippen LogP contribution in [0, 0.1) is 16.0 Å². The predicted molar refractivity (Wildman–Crippen MR) is 66.4 cm³/mol. The number of hydrogen-bond donors (Lipinski definition) is 0. The van der Waals surface area contributed by atoms with Crippen LogP contribution in [0.4, 0.5) is 0 Å². The van der Waals surface area contributed by atoms with Crippen LogP contribution in [-0.2, 0) is 9.53 Å². The van der Waals surface area contributed by atoms with E-state index in [1.54, 1.807) is 6.92 Å². The summed E-state index contributed by atoms with van der Waals surface area (Å²) in [5.74, 6) is -3.51. The SMILES string of the molecule is CCCCC(C(=O)OCC)C1([N+](=O)[O-])N=CC=N1. The number of hydrogen-bond acceptors (Lipinski definition) is 6. The van der Waals surface area contributed by atoms with Crippen molar-refractivity contribution in [3.8, 4) is 0 Å². The number of carbonyl (C=O) groups is 1. The predicted octanol–water partition coefficient (Wildman–Crippen LogP) is 1.44. The van der Waals surface area contributed by atoms with Crippen molar-refractivity contribution in [1.82, 2.24) is 0 Å². The fraction of sp³-hybridized carbons (Fsp3) is 0.727. The maximum absolute atomic E-state index is 11.9. The molecule has 18 heavy (non-hydrogen) atoms. The topological polar surface area (TPSA) is 94.2 Å². The number of esters is 1. The molecule has 0 spiro atoms. The summed E-state index contributed by atoms with van der Waals surface area (Å²) in [5.41, 5.74) is 0. The molecule has 0 saturated carbocycles. The summed E-state index contributed by atoms with van der Waals surface area (Å²) in [6.07, 6.45) is 4.36. The minimum Gasteiger partial charge on any atom is -0.465 e. The highest BCUT2D eigenvalue weighted by Crippen LogP contribution is 2.31. The number of nitro groups is 1. The normalized spacial score (nSPS) is 17.7. The van der Waals surface area contributed by atoms with Crippen LogP contribution in [0.5, 0.6) is 0 Å². The molecular weight excluding hydrogens is 238 g/mol. The monoisotopic (exact) mass is 255 g/mol. The Bertz CT molecular complexity index is 366. The number of carbonyl (C=O) groups excluding carboxylic acids is 1. The molecule has 0 aromatic rings. The molecule has 1 rings (SSSR count). The van der Waals surface area contributed by atoms with E-state index < -0.39 is 22.6 Å². The average molecular weight is 255 g/mol. The van der Waals surface area contributed by atoms with E-state index in [1.807, 2.05) is 6.92 Å². The smallest absolute Gasteiger partial charge is 0.425 e. The van der Waals surface area contributed by atoms with Crippen molar-refractivity contribution >= 4 is 18.4 Å². The van der Waals surface area contributed by atoms with Gasteiger partial charge in [0.05, 0.1) is 11.5 Å². The zero-order chi connectivity index (χ0) is 13.6. The highest BCUT2D eigenvalue weighted by Gasteiger charge is 2.55. The first-order chi connectivity index (χ1) is 8.58. The quantitative estimate of drug-likeness (QED) is 0.390. The second-order valence-corrected chi connectivity index (χ2v) is 3.95. The van der Waals surface area contributed by atoms with Crippen molar-refractivity contribution < 1.29 is 14.5 Å². The minimum absolute atomic E-state index is 0.183. The van der Waals surface area contributed by atoms with Crippen molar-refractivity contribution in [2.75, 3.05) is 6.61 Å². The second kappa shape index (κ2) is 6.23. The van der Waals surface area contributed by atoms with E-state index in [2.05, 4.69) is 9.98 Å². The molecule has 0 aliphatic carbocycles. The molecule has 7 heteroatoms. The van der Waals surface area contributed by atoms with Crippen molar-refractivity contribution in [2.24, 2.45) is 15.9 Å². The Labute approximate surface area is 105 Å². The zero-order valence-electron chi connectivity index (χ0n) is 10.5. The Morgan fingerprint density at radius 3 is 2.50 bits per heavy atom. The molecule has 7 nitrogen and oxygen atoms in total. The third kappa shape index (κ3) is 2.72. The summed E-state index contributed by atoms with van der Waals surface area (Å²) in [6.45, 7) is 3.79. The first-order valence-electron chi connectivity index (χ1n) is 5.98. The van der Waals surface area contributed by atoms with E-state index in [0.717, 1.165) is 6.42 Å². The van der Waals surface area contributed by atoms with Gasteiger partial charge in [-0.1, -0.05) is 19.8 Å². The third-order valence-electron chi connectivity index (χ3n) is 2.75. The molecular formula is C11H17N3O4. The van der Waals surface area contributed by atoms with Gasteiger partial charge in [0.2, 0.25) is 0 Å². The summed E-state index contributed by atoms with van der Waals surface area (Å²) in [5, 5.41) is 11.2. The minimum atomic E-state index is -1.93. The number of nitrogens with zero attached hydrogens (tertiary/aromatic N) is 3. The molecule has 0 bridgehead atoms. The molecule has 1 aliphatic rings. The fourth-order valence-electron chi connectivity index (χ4n) is 1.84. The summed E-state index contributed by atoms with van der Waals surface area (Å²) < 4.78 is 4.90. The zero-order valence-corrected chi connectivity index (χ0v) is 10.5. The van der Waals surface area contributed by atoms with Crippen LogP contribution < -0.4 is 0 Å². The largest absolute Gasteiger partial charge is 0.465 e. The highest BCUT2D eigenvalue weighted by molar-refractivity contribution is 6.17. The average Bonchev–Trinajstić information content (AvgIpc) is 2.80. The lowest BCUT2D eigenvalue weighted by Crippen LogP contribution is -2.45. The Morgan fingerprint density at radius 1 is 1.44 bits per heavy atom. The van der Waals surface area contributed by atoms with Crippen molar-refractivity contribution in [3.05, 3.63) is 10.1 Å². The molecule has 0 radical (unpaired) electrons. The third-order valence-corrected chi connectivity index (χ3v) is 2.75. The summed E-state index contributed by atoms with van der Waals surface area (Å²) in [4.78, 5) is 30.0. The van der Waals surface area contributed by atoms with Crippen LogP contribution in [0.2, 0.25) is 0 Å². The van der Waals surface area contributed by atoms with Crippen LogP contribution in [0.15, 0.2) is 9.98 Å². The van der Waals surface area contributed by atoms with Gasteiger partial charge in [0.1, 0.15) is 0 Å². The van der Waals surface area contributed by atoms with Gasteiger partial charge in [-0.05, 0) is 13.3 Å². The molecule has 0 aromatic heterocycles. The van der Waals surface area contributed by atoms with E-state index in [9.17, 15) is 14.9 Å². The highest BCUT2D eigenvalue weighted by atomic mass is 16.6. The number of aliphatic imine (C=N–C) groups is 2. The van der Waals surface area contributed by atoms with Gasteiger partial charge < -0.3 is 4.74 Å². The molecule has 1 unspecified atom stereocenters. The Hall–Kier alpha value is -1.79. The van der Waals surface area contributed by atoms with E-state index in [0.29, 0.717) is 12.8 Å². The molecule has 100 valence electrons. The lowest BCUT2D eigenvalue weighted by atomic mass is 9.95. The Morgan fingerprint density at radius 2 is 2.06 bits per heavy atom. The second-order valence-electron chi connectivity index (χ2n) is 3.95. The van der Waals surface area contributed by atoms with E-state index in [-0.39, 0.29) is 6.61 Å². The van der Waals surface area contributed by atoms with Crippen LogP contribution >= 0.6 is 0 Å². The van der Waals surface area contributed by atoms with Crippen molar-refractivity contribution in [2.45, 2.75) is 38.9 Å². The lowest BCUT2D eigenvalue weighted by molar-refractivity contribution is -0.573. The van der Waals surface area contributed by atoms with Gasteiger partial charge >= 0.3 is 11.8 Å². The molecule has 0 N–H and O–H groups in total. The van der Waals surface area contributed by atoms with Crippen molar-refractivity contribution in [3.63, 3.8) is 0 Å². The van der Waals surface area contributed by atoms with Crippen LogP contribution in [-0.4, -0.2) is 35.7 Å². The Balaban J connectivity index is 2.99. The first kappa shape index (κ1) is 14.3. The lowest BCUT2D eigenvalue weighted by Gasteiger charge is -2.22. The molecule has 0 saturated heterocycles. The maximum Gasteiger partial charge on any atom is 0.425 e.